The Labute approximate surface area is 115 Å². The molecule has 1 aliphatic rings. The van der Waals surface area contributed by atoms with E-state index in [1.807, 2.05) is 19.1 Å². The van der Waals surface area contributed by atoms with E-state index >= 15 is 0 Å². The van der Waals surface area contributed by atoms with Crippen LogP contribution in [-0.4, -0.2) is 38.4 Å². The zero-order chi connectivity index (χ0) is 13.9. The number of nitrogens with one attached hydrogen (secondary N) is 1. The quantitative estimate of drug-likeness (QED) is 0.915. The minimum Gasteiger partial charge on any atom is -0.313 e. The molecule has 2 rings (SSSR count). The van der Waals surface area contributed by atoms with E-state index in [1.165, 1.54) is 0 Å². The van der Waals surface area contributed by atoms with Gasteiger partial charge in [0.25, 0.3) is 0 Å². The number of likely N-dealkylation sites (N-methyl/N-ethyl adjacent to an activating group) is 1. The van der Waals surface area contributed by atoms with Crippen LogP contribution in [0.2, 0.25) is 0 Å². The molecule has 0 bridgehead atoms. The molecule has 4 nitrogen and oxygen atoms in total. The van der Waals surface area contributed by atoms with Crippen molar-refractivity contribution in [3.05, 3.63) is 29.8 Å². The standard InChI is InChI=1S/C14H22N2O2S/c1-3-15-13-8-6-10-16(11-13)19(17,18)14-9-5-4-7-12(14)2/h4-5,7,9,13,15H,3,6,8,10-11H2,1-2H3. The SMILES string of the molecule is CCNC1CCCN(S(=O)(=O)c2ccccc2C)C1. The fraction of sp³-hybridized carbons (Fsp3) is 0.571. The van der Waals surface area contributed by atoms with E-state index in [-0.39, 0.29) is 6.04 Å². The van der Waals surface area contributed by atoms with Gasteiger partial charge in [-0.25, -0.2) is 8.42 Å². The lowest BCUT2D eigenvalue weighted by atomic mass is 10.1. The highest BCUT2D eigenvalue weighted by atomic mass is 32.2. The van der Waals surface area contributed by atoms with Crippen molar-refractivity contribution in [2.45, 2.75) is 37.6 Å². The third-order valence-corrected chi connectivity index (χ3v) is 5.61. The molecule has 1 fully saturated rings. The van der Waals surface area contributed by atoms with Gasteiger partial charge in [-0.2, -0.15) is 4.31 Å². The van der Waals surface area contributed by atoms with Gasteiger partial charge in [-0.15, -0.1) is 0 Å². The van der Waals surface area contributed by atoms with Crippen molar-refractivity contribution in [3.63, 3.8) is 0 Å². The number of aryl methyl sites for hydroxylation is 1. The van der Waals surface area contributed by atoms with E-state index in [9.17, 15) is 8.42 Å². The maximum absolute atomic E-state index is 12.7. The molecule has 1 saturated heterocycles. The summed E-state index contributed by atoms with van der Waals surface area (Å²) < 4.78 is 26.9. The smallest absolute Gasteiger partial charge is 0.243 e. The third-order valence-electron chi connectivity index (χ3n) is 3.59. The number of hydrogen-bond donors (Lipinski definition) is 1. The van der Waals surface area contributed by atoms with E-state index in [0.717, 1.165) is 24.9 Å². The molecule has 1 aliphatic heterocycles. The minimum absolute atomic E-state index is 0.276. The summed E-state index contributed by atoms with van der Waals surface area (Å²) in [4.78, 5) is 0.437. The molecule has 1 aromatic carbocycles. The Morgan fingerprint density at radius 3 is 2.79 bits per heavy atom. The van der Waals surface area contributed by atoms with E-state index in [0.29, 0.717) is 18.0 Å². The molecule has 0 radical (unpaired) electrons. The largest absolute Gasteiger partial charge is 0.313 e. The fourth-order valence-electron chi connectivity index (χ4n) is 2.60. The van der Waals surface area contributed by atoms with Crippen molar-refractivity contribution >= 4 is 10.0 Å². The van der Waals surface area contributed by atoms with Crippen molar-refractivity contribution in [3.8, 4) is 0 Å². The Kier molecular flexibility index (Phi) is 4.60. The van der Waals surface area contributed by atoms with Gasteiger partial charge in [-0.3, -0.25) is 0 Å². The maximum atomic E-state index is 12.7. The highest BCUT2D eigenvalue weighted by Gasteiger charge is 2.30. The average molecular weight is 282 g/mol. The van der Waals surface area contributed by atoms with Crippen LogP contribution < -0.4 is 5.32 Å². The van der Waals surface area contributed by atoms with Crippen molar-refractivity contribution in [2.24, 2.45) is 0 Å². The molecule has 0 amide bonds. The second-order valence-electron chi connectivity index (χ2n) is 5.03. The Bertz CT molecular complexity index is 526. The van der Waals surface area contributed by atoms with Gasteiger partial charge >= 0.3 is 0 Å². The zero-order valence-corrected chi connectivity index (χ0v) is 12.4. The molecule has 1 heterocycles. The van der Waals surface area contributed by atoms with Crippen molar-refractivity contribution in [1.29, 1.82) is 0 Å². The molecule has 0 aromatic heterocycles. The van der Waals surface area contributed by atoms with E-state index in [2.05, 4.69) is 12.2 Å². The van der Waals surface area contributed by atoms with Crippen LogP contribution in [0.1, 0.15) is 25.3 Å². The lowest BCUT2D eigenvalue weighted by molar-refractivity contribution is 0.286. The summed E-state index contributed by atoms with van der Waals surface area (Å²) in [5.74, 6) is 0. The summed E-state index contributed by atoms with van der Waals surface area (Å²) >= 11 is 0. The summed E-state index contributed by atoms with van der Waals surface area (Å²) in [5, 5.41) is 3.35. The first-order valence-corrected chi connectivity index (χ1v) is 8.29. The van der Waals surface area contributed by atoms with Gasteiger partial charge in [0, 0.05) is 19.1 Å². The Hall–Kier alpha value is -0.910. The number of rotatable bonds is 4. The first kappa shape index (κ1) is 14.5. The van der Waals surface area contributed by atoms with Crippen LogP contribution in [0.25, 0.3) is 0 Å². The summed E-state index contributed by atoms with van der Waals surface area (Å²) in [5.41, 5.74) is 0.813. The van der Waals surface area contributed by atoms with Gasteiger partial charge in [0.2, 0.25) is 10.0 Å². The maximum Gasteiger partial charge on any atom is 0.243 e. The second-order valence-corrected chi connectivity index (χ2v) is 6.93. The molecule has 5 heteroatoms. The first-order chi connectivity index (χ1) is 9.05. The Balaban J connectivity index is 2.22. The van der Waals surface area contributed by atoms with Gasteiger partial charge in [0.15, 0.2) is 0 Å². The van der Waals surface area contributed by atoms with E-state index < -0.39 is 10.0 Å². The second kappa shape index (κ2) is 6.03. The monoisotopic (exact) mass is 282 g/mol. The molecular weight excluding hydrogens is 260 g/mol. The summed E-state index contributed by atoms with van der Waals surface area (Å²) in [6, 6.07) is 7.47. The highest BCUT2D eigenvalue weighted by Crippen LogP contribution is 2.23. The minimum atomic E-state index is -3.35. The number of hydrogen-bond acceptors (Lipinski definition) is 3. The van der Waals surface area contributed by atoms with Crippen LogP contribution in [0, 0.1) is 6.92 Å². The molecule has 0 aliphatic carbocycles. The third kappa shape index (κ3) is 3.16. The number of piperidine rings is 1. The predicted octanol–water partition coefficient (Wildman–Crippen LogP) is 1.76. The Morgan fingerprint density at radius 1 is 1.37 bits per heavy atom. The zero-order valence-electron chi connectivity index (χ0n) is 11.6. The van der Waals surface area contributed by atoms with Crippen LogP contribution in [0.5, 0.6) is 0 Å². The molecule has 0 spiro atoms. The van der Waals surface area contributed by atoms with E-state index in [4.69, 9.17) is 0 Å². The molecule has 0 saturated carbocycles. The molecule has 1 aromatic rings. The fourth-order valence-corrected chi connectivity index (χ4v) is 4.35. The summed E-state index contributed by atoms with van der Waals surface area (Å²) in [7, 11) is -3.35. The number of nitrogens with zero attached hydrogens (tertiary/aromatic N) is 1. The molecule has 19 heavy (non-hydrogen) atoms. The summed E-state index contributed by atoms with van der Waals surface area (Å²) in [6.45, 7) is 5.97. The lowest BCUT2D eigenvalue weighted by Gasteiger charge is -2.32. The first-order valence-electron chi connectivity index (χ1n) is 6.85. The van der Waals surface area contributed by atoms with Crippen LogP contribution in [0.4, 0.5) is 0 Å². The Morgan fingerprint density at radius 2 is 2.11 bits per heavy atom. The van der Waals surface area contributed by atoms with Crippen LogP contribution in [0.15, 0.2) is 29.2 Å². The van der Waals surface area contributed by atoms with Gasteiger partial charge in [-0.1, -0.05) is 25.1 Å². The molecular formula is C14H22N2O2S. The van der Waals surface area contributed by atoms with Crippen molar-refractivity contribution in [2.75, 3.05) is 19.6 Å². The van der Waals surface area contributed by atoms with Crippen LogP contribution in [-0.2, 0) is 10.0 Å². The lowest BCUT2D eigenvalue weighted by Crippen LogP contribution is -2.47. The number of benzene rings is 1. The molecule has 1 N–H and O–H groups in total. The normalized spacial score (nSPS) is 21.5. The predicted molar refractivity (Wildman–Crippen MR) is 76.6 cm³/mol. The van der Waals surface area contributed by atoms with Gasteiger partial charge in [0.1, 0.15) is 0 Å². The van der Waals surface area contributed by atoms with E-state index in [1.54, 1.807) is 16.4 Å². The number of sulfonamides is 1. The van der Waals surface area contributed by atoms with Crippen LogP contribution in [0.3, 0.4) is 0 Å². The average Bonchev–Trinajstić information content (AvgIpc) is 2.40. The summed E-state index contributed by atoms with van der Waals surface area (Å²) in [6.07, 6.45) is 1.97. The van der Waals surface area contributed by atoms with Crippen LogP contribution >= 0.6 is 0 Å². The van der Waals surface area contributed by atoms with Crippen molar-refractivity contribution < 1.29 is 8.42 Å². The topological polar surface area (TPSA) is 49.4 Å². The van der Waals surface area contributed by atoms with Gasteiger partial charge in [-0.05, 0) is 37.9 Å². The molecule has 1 unspecified atom stereocenters. The molecule has 106 valence electrons. The van der Waals surface area contributed by atoms with Crippen molar-refractivity contribution in [1.82, 2.24) is 9.62 Å². The van der Waals surface area contributed by atoms with Gasteiger partial charge < -0.3 is 5.32 Å². The molecule has 1 atom stereocenters. The van der Waals surface area contributed by atoms with Gasteiger partial charge in [0.05, 0.1) is 4.90 Å². The highest BCUT2D eigenvalue weighted by molar-refractivity contribution is 7.89.